The molecule has 1 fully saturated rings. The summed E-state index contributed by atoms with van der Waals surface area (Å²) >= 11 is 0. The number of aromatic amines is 1. The molecule has 5 heteroatoms. The molecule has 2 heterocycles. The summed E-state index contributed by atoms with van der Waals surface area (Å²) < 4.78 is 0. The molecule has 3 aromatic rings. The van der Waals surface area contributed by atoms with E-state index in [1.165, 1.54) is 46.6 Å². The smallest absolute Gasteiger partial charge is 0.267 e. The van der Waals surface area contributed by atoms with Gasteiger partial charge in [-0.05, 0) is 60.9 Å². The first-order valence-corrected chi connectivity index (χ1v) is 11.3. The van der Waals surface area contributed by atoms with Crippen LogP contribution in [-0.2, 0) is 17.8 Å². The van der Waals surface area contributed by atoms with E-state index in [1.807, 2.05) is 12.1 Å². The van der Waals surface area contributed by atoms with Crippen molar-refractivity contribution in [3.63, 3.8) is 0 Å². The second-order valence-corrected chi connectivity index (χ2v) is 9.01. The largest absolute Gasteiger partial charge is 0.358 e. The van der Waals surface area contributed by atoms with Crippen LogP contribution in [-0.4, -0.2) is 33.1 Å². The number of nitrogens with zero attached hydrogens (tertiary/aromatic N) is 1. The Labute approximate surface area is 188 Å². The Morgan fingerprint density at radius 1 is 1.22 bits per heavy atom. The number of rotatable bonds is 6. The predicted molar refractivity (Wildman–Crippen MR) is 127 cm³/mol. The summed E-state index contributed by atoms with van der Waals surface area (Å²) in [4.78, 5) is 17.4. The number of aryl methyl sites for hydroxylation is 1. The highest BCUT2D eigenvalue weighted by atomic mass is 16.5. The maximum atomic E-state index is 11.2. The third-order valence-corrected chi connectivity index (χ3v) is 7.03. The Hall–Kier alpha value is -3.15. The molecule has 5 nitrogen and oxygen atoms in total. The lowest BCUT2D eigenvalue weighted by Crippen LogP contribution is -2.36. The number of nitrogens with one attached hydrogen (secondary N) is 2. The molecule has 0 spiro atoms. The van der Waals surface area contributed by atoms with Gasteiger partial charge in [-0.15, -0.1) is 0 Å². The maximum absolute atomic E-state index is 11.2. The van der Waals surface area contributed by atoms with Gasteiger partial charge in [-0.25, -0.2) is 5.48 Å². The molecule has 1 amide bonds. The lowest BCUT2D eigenvalue weighted by Gasteiger charge is -2.29. The number of carbonyl (C=O) groups excluding carboxylic acids is 1. The number of benzene rings is 2. The second-order valence-electron chi connectivity index (χ2n) is 9.01. The fourth-order valence-electron chi connectivity index (χ4n) is 5.46. The molecule has 0 bridgehead atoms. The first kappa shape index (κ1) is 20.7. The van der Waals surface area contributed by atoms with E-state index in [9.17, 15) is 4.79 Å². The molecule has 0 radical (unpaired) electrons. The van der Waals surface area contributed by atoms with E-state index in [0.717, 1.165) is 18.5 Å². The normalized spacial score (nSPS) is 22.8. The van der Waals surface area contributed by atoms with E-state index in [4.69, 9.17) is 5.21 Å². The zero-order valence-corrected chi connectivity index (χ0v) is 18.3. The van der Waals surface area contributed by atoms with E-state index in [-0.39, 0.29) is 0 Å². The first-order valence-electron chi connectivity index (χ1n) is 11.3. The second kappa shape index (κ2) is 8.77. The van der Waals surface area contributed by atoms with Crippen molar-refractivity contribution in [3.8, 4) is 0 Å². The molecule has 0 saturated carbocycles. The highest BCUT2D eigenvalue weighted by Gasteiger charge is 2.41. The zero-order valence-electron chi connectivity index (χ0n) is 18.3. The number of para-hydroxylation sites is 1. The number of aromatic nitrogens is 1. The Kier molecular flexibility index (Phi) is 5.68. The van der Waals surface area contributed by atoms with E-state index in [0.29, 0.717) is 18.0 Å². The summed E-state index contributed by atoms with van der Waals surface area (Å²) in [6.07, 6.45) is 11.2. The lowest BCUT2D eigenvalue weighted by atomic mass is 9.96. The molecule has 1 aliphatic heterocycles. The summed E-state index contributed by atoms with van der Waals surface area (Å²) in [7, 11) is 0. The molecule has 2 aromatic carbocycles. The third kappa shape index (κ3) is 4.01. The molecule has 3 N–H and O–H groups in total. The minimum Gasteiger partial charge on any atom is -0.358 e. The number of H-pyrrole nitrogens is 1. The van der Waals surface area contributed by atoms with Crippen LogP contribution < -0.4 is 5.48 Å². The highest BCUT2D eigenvalue weighted by Crippen LogP contribution is 2.40. The van der Waals surface area contributed by atoms with Gasteiger partial charge in [0.1, 0.15) is 0 Å². The maximum Gasteiger partial charge on any atom is 0.267 e. The van der Waals surface area contributed by atoms with Gasteiger partial charge in [-0.1, -0.05) is 54.6 Å². The Balaban J connectivity index is 1.36. The fraction of sp³-hybridized carbons (Fsp3) is 0.296. The van der Waals surface area contributed by atoms with Gasteiger partial charge in [-0.2, -0.15) is 0 Å². The van der Waals surface area contributed by atoms with E-state index in [1.54, 1.807) is 11.6 Å². The Morgan fingerprint density at radius 2 is 2.03 bits per heavy atom. The van der Waals surface area contributed by atoms with Crippen LogP contribution in [0.4, 0.5) is 0 Å². The number of amides is 1. The Morgan fingerprint density at radius 3 is 2.84 bits per heavy atom. The molecule has 1 saturated heterocycles. The van der Waals surface area contributed by atoms with Crippen molar-refractivity contribution in [2.45, 2.75) is 44.8 Å². The van der Waals surface area contributed by atoms with E-state index in [2.05, 4.69) is 65.4 Å². The summed E-state index contributed by atoms with van der Waals surface area (Å²) in [5.41, 5.74) is 7.77. The van der Waals surface area contributed by atoms with Crippen molar-refractivity contribution in [1.82, 2.24) is 15.4 Å². The van der Waals surface area contributed by atoms with Gasteiger partial charge < -0.3 is 4.98 Å². The number of carbonyl (C=O) groups is 1. The van der Waals surface area contributed by atoms with Gasteiger partial charge in [0.15, 0.2) is 0 Å². The molecule has 2 aliphatic rings. The number of hydroxylamine groups is 1. The number of likely N-dealkylation sites (tertiary alicyclic amines) is 1. The molecular weight excluding hydrogens is 398 g/mol. The van der Waals surface area contributed by atoms with Crippen molar-refractivity contribution in [2.24, 2.45) is 5.92 Å². The minimum atomic E-state index is -0.527. The van der Waals surface area contributed by atoms with E-state index < -0.39 is 5.91 Å². The highest BCUT2D eigenvalue weighted by molar-refractivity contribution is 5.90. The molecule has 164 valence electrons. The van der Waals surface area contributed by atoms with Crippen LogP contribution >= 0.6 is 0 Å². The van der Waals surface area contributed by atoms with Crippen molar-refractivity contribution < 1.29 is 10.0 Å². The molecule has 1 aromatic heterocycles. The monoisotopic (exact) mass is 427 g/mol. The van der Waals surface area contributed by atoms with Crippen LogP contribution in [0.5, 0.6) is 0 Å². The van der Waals surface area contributed by atoms with Crippen LogP contribution in [0.2, 0.25) is 0 Å². The number of hydrogen-bond donors (Lipinski definition) is 3. The lowest BCUT2D eigenvalue weighted by molar-refractivity contribution is -0.124. The van der Waals surface area contributed by atoms with Crippen LogP contribution in [0.25, 0.3) is 17.0 Å². The third-order valence-electron chi connectivity index (χ3n) is 7.03. The molecule has 3 atom stereocenters. The molecular formula is C27H29N3O2. The average molecular weight is 428 g/mol. The summed E-state index contributed by atoms with van der Waals surface area (Å²) in [6, 6.07) is 18.0. The van der Waals surface area contributed by atoms with Gasteiger partial charge in [0.25, 0.3) is 5.91 Å². The molecule has 0 unspecified atom stereocenters. The first-order chi connectivity index (χ1) is 15.6. The average Bonchev–Trinajstić information content (AvgIpc) is 3.48. The summed E-state index contributed by atoms with van der Waals surface area (Å²) in [5.74, 6) is 0.185. The van der Waals surface area contributed by atoms with Crippen molar-refractivity contribution in [2.75, 3.05) is 0 Å². The molecule has 32 heavy (non-hydrogen) atoms. The van der Waals surface area contributed by atoms with Gasteiger partial charge in [0, 0.05) is 41.3 Å². The van der Waals surface area contributed by atoms with E-state index >= 15 is 0 Å². The Bertz CT molecular complexity index is 1180. The van der Waals surface area contributed by atoms with Gasteiger partial charge in [-0.3, -0.25) is 14.9 Å². The fourth-order valence-corrected chi connectivity index (χ4v) is 5.46. The number of fused-ring (bicyclic) bond motifs is 2. The predicted octanol–water partition coefficient (Wildman–Crippen LogP) is 4.76. The topological polar surface area (TPSA) is 68.4 Å². The minimum absolute atomic E-state index is 0.512. The van der Waals surface area contributed by atoms with Gasteiger partial charge in [0.2, 0.25) is 0 Å². The van der Waals surface area contributed by atoms with Gasteiger partial charge >= 0.3 is 0 Å². The number of allylic oxidation sites excluding steroid dienone is 1. The van der Waals surface area contributed by atoms with Crippen LogP contribution in [0, 0.1) is 12.8 Å². The van der Waals surface area contributed by atoms with Crippen LogP contribution in [0.1, 0.15) is 35.2 Å². The van der Waals surface area contributed by atoms with Gasteiger partial charge in [0.05, 0.1) is 0 Å². The summed E-state index contributed by atoms with van der Waals surface area (Å²) in [5, 5.41) is 9.97. The number of hydrogen-bond acceptors (Lipinski definition) is 3. The zero-order chi connectivity index (χ0) is 22.1. The quantitative estimate of drug-likeness (QED) is 0.230. The van der Waals surface area contributed by atoms with Crippen molar-refractivity contribution in [1.29, 1.82) is 0 Å². The van der Waals surface area contributed by atoms with Crippen molar-refractivity contribution in [3.05, 3.63) is 89.1 Å². The molecule has 1 aliphatic carbocycles. The summed E-state index contributed by atoms with van der Waals surface area (Å²) in [6.45, 7) is 3.11. The van der Waals surface area contributed by atoms with Crippen LogP contribution in [0.3, 0.4) is 0 Å². The SMILES string of the molecule is Cc1[nH]c2ccccc2c1C[C@H]1C[C@H]2CC=C[C@@H]2N1Cc1ccc(C=CC(=O)NO)cc1. The standard InChI is InChI=1S/C27H29N3O2/c1-18-24(23-6-2-3-7-25(23)28-18)16-22-15-21-5-4-8-26(21)30(22)17-20-11-9-19(10-12-20)13-14-27(31)29-32/h2-4,6-14,21-22,26,28,32H,5,15-17H2,1H3,(H,29,31)/t21-,22-,26+/m1/s1. The molecule has 5 rings (SSSR count). The van der Waals surface area contributed by atoms with Crippen LogP contribution in [0.15, 0.2) is 66.8 Å². The van der Waals surface area contributed by atoms with Crippen molar-refractivity contribution >= 4 is 22.9 Å².